The molecule has 0 N–H and O–H groups in total. The molecule has 3 nitrogen and oxygen atoms in total. The van der Waals surface area contributed by atoms with Gasteiger partial charge in [0.15, 0.2) is 0 Å². The number of aromatic nitrogens is 2. The van der Waals surface area contributed by atoms with Gasteiger partial charge >= 0.3 is 0 Å². The summed E-state index contributed by atoms with van der Waals surface area (Å²) in [5.74, 6) is 0.663. The topological polar surface area (TPSA) is 34.9 Å². The maximum atomic E-state index is 11.9. The minimum Gasteiger partial charge on any atom is -0.269 e. The van der Waals surface area contributed by atoms with Crippen LogP contribution in [0.5, 0.6) is 0 Å². The molecule has 3 heteroatoms. The molecule has 0 radical (unpaired) electrons. The van der Waals surface area contributed by atoms with E-state index in [1.807, 2.05) is 56.4 Å². The minimum atomic E-state index is -0.0639. The summed E-state index contributed by atoms with van der Waals surface area (Å²) < 4.78 is 1.58. The quantitative estimate of drug-likeness (QED) is 0.665. The summed E-state index contributed by atoms with van der Waals surface area (Å²) in [5, 5.41) is 1.09. The van der Waals surface area contributed by atoms with Gasteiger partial charge in [-0.05, 0) is 37.1 Å². The number of hydrogen-bond acceptors (Lipinski definition) is 2. The molecule has 0 bridgehead atoms. The maximum absolute atomic E-state index is 11.9. The first-order valence-electron chi connectivity index (χ1n) is 6.21. The lowest BCUT2D eigenvalue weighted by atomic mass is 10.1. The normalized spacial score (nSPS) is 10.8. The zero-order valence-corrected chi connectivity index (χ0v) is 10.9. The number of rotatable bonds is 1. The van der Waals surface area contributed by atoms with Crippen LogP contribution >= 0.6 is 0 Å². The van der Waals surface area contributed by atoms with Gasteiger partial charge in [-0.15, -0.1) is 0 Å². The van der Waals surface area contributed by atoms with Gasteiger partial charge in [0.05, 0.1) is 5.52 Å². The summed E-state index contributed by atoms with van der Waals surface area (Å²) in [6.45, 7) is 3.99. The van der Waals surface area contributed by atoms with Gasteiger partial charge in [0, 0.05) is 17.6 Å². The molecule has 2 heterocycles. The Kier molecular flexibility index (Phi) is 2.67. The summed E-state index contributed by atoms with van der Waals surface area (Å²) in [5.41, 5.74) is 3.02. The van der Waals surface area contributed by atoms with E-state index in [-0.39, 0.29) is 5.56 Å². The molecule has 0 unspecified atom stereocenters. The third kappa shape index (κ3) is 2.03. The highest BCUT2D eigenvalue weighted by Gasteiger charge is 2.04. The number of benzene rings is 1. The minimum absolute atomic E-state index is 0.0639. The van der Waals surface area contributed by atoms with Crippen LogP contribution in [0.2, 0.25) is 0 Å². The zero-order chi connectivity index (χ0) is 13.4. The lowest BCUT2D eigenvalue weighted by Gasteiger charge is -2.08. The van der Waals surface area contributed by atoms with E-state index in [1.165, 1.54) is 0 Å². The van der Waals surface area contributed by atoms with Crippen LogP contribution in [0.4, 0.5) is 0 Å². The van der Waals surface area contributed by atoms with Gasteiger partial charge in [0.1, 0.15) is 5.82 Å². The molecule has 0 saturated carbocycles. The van der Waals surface area contributed by atoms with Crippen LogP contribution in [0.15, 0.2) is 53.5 Å². The number of para-hydroxylation sites is 1. The van der Waals surface area contributed by atoms with Gasteiger partial charge in [0.25, 0.3) is 5.56 Å². The first-order chi connectivity index (χ1) is 9.15. The van der Waals surface area contributed by atoms with E-state index in [0.717, 1.165) is 22.0 Å². The van der Waals surface area contributed by atoms with Crippen molar-refractivity contribution in [2.24, 2.45) is 0 Å². The fourth-order valence-electron chi connectivity index (χ4n) is 2.19. The smallest absolute Gasteiger partial charge is 0.256 e. The van der Waals surface area contributed by atoms with E-state index < -0.39 is 0 Å². The molecule has 2 aromatic heterocycles. The average Bonchev–Trinajstić information content (AvgIpc) is 2.42. The fraction of sp³-hybridized carbons (Fsp3) is 0.125. The Morgan fingerprint density at radius 3 is 2.68 bits per heavy atom. The molecule has 3 rings (SSSR count). The number of fused-ring (bicyclic) bond motifs is 1. The van der Waals surface area contributed by atoms with E-state index in [2.05, 4.69) is 4.98 Å². The Hall–Kier alpha value is -2.42. The first kappa shape index (κ1) is 11.7. The van der Waals surface area contributed by atoms with Gasteiger partial charge in [0.2, 0.25) is 0 Å². The molecule has 0 atom stereocenters. The number of aryl methyl sites for hydroxylation is 2. The molecule has 19 heavy (non-hydrogen) atoms. The summed E-state index contributed by atoms with van der Waals surface area (Å²) in [4.78, 5) is 16.5. The monoisotopic (exact) mass is 250 g/mol. The average molecular weight is 250 g/mol. The molecule has 0 fully saturated rings. The van der Waals surface area contributed by atoms with Crippen molar-refractivity contribution in [3.8, 4) is 5.82 Å². The summed E-state index contributed by atoms with van der Waals surface area (Å²) in [7, 11) is 0. The molecular weight excluding hydrogens is 236 g/mol. The summed E-state index contributed by atoms with van der Waals surface area (Å²) in [6.07, 6.45) is 1.81. The van der Waals surface area contributed by atoms with E-state index >= 15 is 0 Å². The predicted molar refractivity (Wildman–Crippen MR) is 76.8 cm³/mol. The molecule has 94 valence electrons. The SMILES string of the molecule is Cc1ccc(=O)n(-c2ccc3cccc(C)c3n2)c1. The third-order valence-corrected chi connectivity index (χ3v) is 3.21. The van der Waals surface area contributed by atoms with Crippen molar-refractivity contribution < 1.29 is 0 Å². The lowest BCUT2D eigenvalue weighted by Crippen LogP contribution is -2.17. The molecule has 0 aliphatic carbocycles. The lowest BCUT2D eigenvalue weighted by molar-refractivity contribution is 0.939. The zero-order valence-electron chi connectivity index (χ0n) is 10.9. The van der Waals surface area contributed by atoms with E-state index in [0.29, 0.717) is 5.82 Å². The van der Waals surface area contributed by atoms with Crippen molar-refractivity contribution >= 4 is 10.9 Å². The van der Waals surface area contributed by atoms with Crippen LogP contribution in [0.3, 0.4) is 0 Å². The largest absolute Gasteiger partial charge is 0.269 e. The van der Waals surface area contributed by atoms with Crippen molar-refractivity contribution in [1.29, 1.82) is 0 Å². The van der Waals surface area contributed by atoms with Crippen molar-refractivity contribution in [2.75, 3.05) is 0 Å². The van der Waals surface area contributed by atoms with Gasteiger partial charge in [-0.1, -0.05) is 24.3 Å². The molecule has 0 amide bonds. The number of pyridine rings is 2. The Morgan fingerprint density at radius 2 is 1.84 bits per heavy atom. The van der Waals surface area contributed by atoms with Crippen molar-refractivity contribution in [3.63, 3.8) is 0 Å². The van der Waals surface area contributed by atoms with Gasteiger partial charge < -0.3 is 0 Å². The maximum Gasteiger partial charge on any atom is 0.256 e. The molecule has 0 aliphatic rings. The summed E-state index contributed by atoms with van der Waals surface area (Å²) in [6, 6.07) is 13.3. The van der Waals surface area contributed by atoms with Crippen LogP contribution in [0.1, 0.15) is 11.1 Å². The van der Waals surface area contributed by atoms with Crippen LogP contribution in [0.25, 0.3) is 16.7 Å². The summed E-state index contributed by atoms with van der Waals surface area (Å²) >= 11 is 0. The Morgan fingerprint density at radius 1 is 1.00 bits per heavy atom. The second-order valence-electron chi connectivity index (χ2n) is 4.73. The fourth-order valence-corrected chi connectivity index (χ4v) is 2.19. The molecule has 0 aliphatic heterocycles. The van der Waals surface area contributed by atoms with Gasteiger partial charge in [-0.2, -0.15) is 0 Å². The van der Waals surface area contributed by atoms with Crippen molar-refractivity contribution in [2.45, 2.75) is 13.8 Å². The molecular formula is C16H14N2O. The number of nitrogens with zero attached hydrogens (tertiary/aromatic N) is 2. The molecule has 3 aromatic rings. The predicted octanol–water partition coefficient (Wildman–Crippen LogP) is 3.00. The standard InChI is InChI=1S/C16H14N2O/c1-11-6-9-15(19)18(10-11)14-8-7-13-5-3-4-12(2)16(13)17-14/h3-10H,1-2H3. The molecule has 1 aromatic carbocycles. The van der Waals surface area contributed by atoms with Crippen LogP contribution < -0.4 is 5.56 Å². The van der Waals surface area contributed by atoms with Gasteiger partial charge in [-0.25, -0.2) is 4.98 Å². The van der Waals surface area contributed by atoms with Crippen LogP contribution in [-0.2, 0) is 0 Å². The third-order valence-electron chi connectivity index (χ3n) is 3.21. The Bertz CT molecular complexity index is 818. The van der Waals surface area contributed by atoms with Crippen molar-refractivity contribution in [3.05, 3.63) is 70.1 Å². The van der Waals surface area contributed by atoms with Crippen molar-refractivity contribution in [1.82, 2.24) is 9.55 Å². The molecule has 0 spiro atoms. The highest BCUT2D eigenvalue weighted by molar-refractivity contribution is 5.82. The second-order valence-corrected chi connectivity index (χ2v) is 4.73. The Labute approximate surface area is 111 Å². The highest BCUT2D eigenvalue weighted by atomic mass is 16.1. The van der Waals surface area contributed by atoms with Crippen LogP contribution in [-0.4, -0.2) is 9.55 Å². The van der Waals surface area contributed by atoms with E-state index in [9.17, 15) is 4.79 Å². The number of hydrogen-bond donors (Lipinski definition) is 0. The van der Waals surface area contributed by atoms with E-state index in [4.69, 9.17) is 0 Å². The highest BCUT2D eigenvalue weighted by Crippen LogP contribution is 2.17. The van der Waals surface area contributed by atoms with Crippen LogP contribution in [0, 0.1) is 13.8 Å². The second kappa shape index (κ2) is 4.35. The van der Waals surface area contributed by atoms with E-state index in [1.54, 1.807) is 10.6 Å². The van der Waals surface area contributed by atoms with Gasteiger partial charge in [-0.3, -0.25) is 9.36 Å². The molecule has 0 saturated heterocycles. The first-order valence-corrected chi connectivity index (χ1v) is 6.21. The Balaban J connectivity index is 2.29.